The van der Waals surface area contributed by atoms with Crippen LogP contribution in [0.1, 0.15) is 46.5 Å². The van der Waals surface area contributed by atoms with Crippen LogP contribution < -0.4 is 0 Å². The van der Waals surface area contributed by atoms with Crippen molar-refractivity contribution in [1.82, 2.24) is 0 Å². The largest absolute Gasteiger partial charge is 0.375 e. The highest BCUT2D eigenvalue weighted by molar-refractivity contribution is 5.60. The Morgan fingerprint density at radius 2 is 1.85 bits per heavy atom. The summed E-state index contributed by atoms with van der Waals surface area (Å²) in [4.78, 5) is 11.0. The van der Waals surface area contributed by atoms with E-state index in [-0.39, 0.29) is 11.0 Å². The lowest BCUT2D eigenvalue weighted by molar-refractivity contribution is -0.123. The first-order chi connectivity index (χ1) is 5.97. The van der Waals surface area contributed by atoms with Crippen LogP contribution in [0.25, 0.3) is 0 Å². The van der Waals surface area contributed by atoms with Crippen molar-refractivity contribution in [3.63, 3.8) is 0 Å². The minimum atomic E-state index is -0.159. The first-order valence-electron chi connectivity index (χ1n) is 5.08. The maximum atomic E-state index is 11.0. The third-order valence-corrected chi connectivity index (χ3v) is 2.64. The third-order valence-electron chi connectivity index (χ3n) is 2.64. The minimum absolute atomic E-state index is 0.126. The fourth-order valence-corrected chi connectivity index (χ4v) is 1.74. The maximum absolute atomic E-state index is 11.0. The lowest BCUT2D eigenvalue weighted by Gasteiger charge is -2.27. The van der Waals surface area contributed by atoms with E-state index in [1.54, 1.807) is 0 Å². The van der Waals surface area contributed by atoms with Gasteiger partial charge in [0.1, 0.15) is 6.29 Å². The molecule has 13 heavy (non-hydrogen) atoms. The summed E-state index contributed by atoms with van der Waals surface area (Å²) in [5.41, 5.74) is -0.286. The predicted octanol–water partition coefficient (Wildman–Crippen LogP) is 2.56. The monoisotopic (exact) mass is 184 g/mol. The summed E-state index contributed by atoms with van der Waals surface area (Å²) in [6.07, 6.45) is 5.46. The van der Waals surface area contributed by atoms with Crippen molar-refractivity contribution < 1.29 is 9.53 Å². The van der Waals surface area contributed by atoms with Crippen LogP contribution in [0.2, 0.25) is 0 Å². The van der Waals surface area contributed by atoms with Gasteiger partial charge >= 0.3 is 0 Å². The van der Waals surface area contributed by atoms with E-state index < -0.39 is 0 Å². The van der Waals surface area contributed by atoms with E-state index in [0.29, 0.717) is 6.61 Å². The molecular weight excluding hydrogens is 164 g/mol. The first kappa shape index (κ1) is 10.7. The quantitative estimate of drug-likeness (QED) is 0.630. The lowest BCUT2D eigenvalue weighted by atomic mass is 9.89. The minimum Gasteiger partial charge on any atom is -0.375 e. The van der Waals surface area contributed by atoms with Gasteiger partial charge in [0.25, 0.3) is 0 Å². The van der Waals surface area contributed by atoms with Crippen molar-refractivity contribution in [2.24, 2.45) is 5.41 Å². The standard InChI is InChI=1S/C11H20O2/c1-10(2,3)13-9-11(8-12)6-4-5-7-11/h8H,4-7,9H2,1-3H3. The number of hydrogen-bond acceptors (Lipinski definition) is 2. The molecule has 0 amide bonds. The summed E-state index contributed by atoms with van der Waals surface area (Å²) in [5, 5.41) is 0. The average Bonchev–Trinajstić information content (AvgIpc) is 2.49. The number of carbonyl (C=O) groups is 1. The van der Waals surface area contributed by atoms with E-state index in [1.165, 1.54) is 12.8 Å². The summed E-state index contributed by atoms with van der Waals surface area (Å²) in [7, 11) is 0. The molecule has 0 aromatic heterocycles. The molecule has 0 atom stereocenters. The van der Waals surface area contributed by atoms with E-state index in [4.69, 9.17) is 4.74 Å². The molecule has 0 spiro atoms. The predicted molar refractivity (Wildman–Crippen MR) is 52.7 cm³/mol. The van der Waals surface area contributed by atoms with E-state index >= 15 is 0 Å². The highest BCUT2D eigenvalue weighted by Crippen LogP contribution is 2.37. The molecule has 0 saturated heterocycles. The average molecular weight is 184 g/mol. The van der Waals surface area contributed by atoms with Crippen molar-refractivity contribution >= 4 is 6.29 Å². The van der Waals surface area contributed by atoms with Gasteiger partial charge in [-0.15, -0.1) is 0 Å². The molecule has 0 heterocycles. The number of carbonyl (C=O) groups excluding carboxylic acids is 1. The van der Waals surface area contributed by atoms with Crippen molar-refractivity contribution in [2.45, 2.75) is 52.1 Å². The molecule has 1 saturated carbocycles. The van der Waals surface area contributed by atoms with Gasteiger partial charge in [-0.3, -0.25) is 0 Å². The van der Waals surface area contributed by atoms with Crippen LogP contribution in [0.5, 0.6) is 0 Å². The molecule has 76 valence electrons. The first-order valence-corrected chi connectivity index (χ1v) is 5.08. The zero-order valence-electron chi connectivity index (χ0n) is 8.93. The lowest BCUT2D eigenvalue weighted by Crippen LogP contribution is -2.31. The Bertz CT molecular complexity index is 173. The second-order valence-electron chi connectivity index (χ2n) is 5.09. The van der Waals surface area contributed by atoms with Crippen LogP contribution in [-0.2, 0) is 9.53 Å². The van der Waals surface area contributed by atoms with Gasteiger partial charge in [-0.25, -0.2) is 0 Å². The normalized spacial score (nSPS) is 21.8. The second kappa shape index (κ2) is 3.79. The zero-order valence-corrected chi connectivity index (χ0v) is 8.93. The van der Waals surface area contributed by atoms with Gasteiger partial charge in [0.15, 0.2) is 0 Å². The Balaban J connectivity index is 2.45. The van der Waals surface area contributed by atoms with E-state index in [2.05, 4.69) is 0 Å². The summed E-state index contributed by atoms with van der Waals surface area (Å²) >= 11 is 0. The number of ether oxygens (including phenoxy) is 1. The van der Waals surface area contributed by atoms with Gasteiger partial charge in [-0.2, -0.15) is 0 Å². The molecule has 2 nitrogen and oxygen atoms in total. The molecule has 0 aromatic rings. The second-order valence-corrected chi connectivity index (χ2v) is 5.09. The van der Waals surface area contributed by atoms with Crippen LogP contribution in [0.15, 0.2) is 0 Å². The number of hydrogen-bond donors (Lipinski definition) is 0. The molecule has 0 unspecified atom stereocenters. The summed E-state index contributed by atoms with van der Waals surface area (Å²) in [6.45, 7) is 6.68. The van der Waals surface area contributed by atoms with Gasteiger partial charge in [0, 0.05) is 5.41 Å². The molecule has 0 radical (unpaired) electrons. The Labute approximate surface area is 80.7 Å². The molecule has 0 aromatic carbocycles. The van der Waals surface area contributed by atoms with Crippen LogP contribution in [-0.4, -0.2) is 18.5 Å². The van der Waals surface area contributed by atoms with Crippen LogP contribution in [0.3, 0.4) is 0 Å². The summed E-state index contributed by atoms with van der Waals surface area (Å²) in [5.74, 6) is 0. The Morgan fingerprint density at radius 3 is 2.23 bits per heavy atom. The Hall–Kier alpha value is -0.370. The van der Waals surface area contributed by atoms with Crippen molar-refractivity contribution in [2.75, 3.05) is 6.61 Å². The zero-order chi connectivity index (χ0) is 9.95. The summed E-state index contributed by atoms with van der Waals surface area (Å²) in [6, 6.07) is 0. The van der Waals surface area contributed by atoms with E-state index in [0.717, 1.165) is 19.1 Å². The number of aldehydes is 1. The third kappa shape index (κ3) is 3.11. The highest BCUT2D eigenvalue weighted by atomic mass is 16.5. The van der Waals surface area contributed by atoms with E-state index in [9.17, 15) is 4.79 Å². The molecule has 1 rings (SSSR count). The van der Waals surface area contributed by atoms with Crippen LogP contribution in [0, 0.1) is 5.41 Å². The number of rotatable bonds is 3. The molecule has 1 fully saturated rings. The van der Waals surface area contributed by atoms with Gasteiger partial charge < -0.3 is 9.53 Å². The molecule has 0 aliphatic heterocycles. The molecule has 1 aliphatic carbocycles. The Morgan fingerprint density at radius 1 is 1.31 bits per heavy atom. The fourth-order valence-electron chi connectivity index (χ4n) is 1.74. The molecular formula is C11H20O2. The van der Waals surface area contributed by atoms with Crippen molar-refractivity contribution in [3.8, 4) is 0 Å². The van der Waals surface area contributed by atoms with Crippen LogP contribution >= 0.6 is 0 Å². The van der Waals surface area contributed by atoms with Gasteiger partial charge in [0.05, 0.1) is 12.2 Å². The fraction of sp³-hybridized carbons (Fsp3) is 0.909. The molecule has 2 heteroatoms. The van der Waals surface area contributed by atoms with E-state index in [1.807, 2.05) is 20.8 Å². The van der Waals surface area contributed by atoms with Crippen molar-refractivity contribution in [3.05, 3.63) is 0 Å². The smallest absolute Gasteiger partial charge is 0.128 e. The maximum Gasteiger partial charge on any atom is 0.128 e. The van der Waals surface area contributed by atoms with Gasteiger partial charge in [-0.1, -0.05) is 12.8 Å². The molecule has 0 bridgehead atoms. The SMILES string of the molecule is CC(C)(C)OCC1(C=O)CCCC1. The Kier molecular flexibility index (Phi) is 3.12. The molecule has 1 aliphatic rings. The van der Waals surface area contributed by atoms with Crippen molar-refractivity contribution in [1.29, 1.82) is 0 Å². The summed E-state index contributed by atoms with van der Waals surface area (Å²) < 4.78 is 5.68. The van der Waals surface area contributed by atoms with Crippen LogP contribution in [0.4, 0.5) is 0 Å². The highest BCUT2D eigenvalue weighted by Gasteiger charge is 2.34. The molecule has 0 N–H and O–H groups in total. The van der Waals surface area contributed by atoms with Gasteiger partial charge in [-0.05, 0) is 33.6 Å². The topological polar surface area (TPSA) is 26.3 Å². The van der Waals surface area contributed by atoms with Gasteiger partial charge in [0.2, 0.25) is 0 Å².